The average molecular weight is 548 g/mol. The molecule has 37 heavy (non-hydrogen) atoms. The number of unbranched alkanes of at least 4 members (excludes halogenated alkanes) is 2. The number of nitrogen functional groups attached to an aromatic ring is 1. The number of ether oxygens (including phenoxy) is 5. The standard InChI is InChI=1S/C21H34N5O10P/c1-4-6-8-30-20(27)32-13-35-37(29,36-14-33-21(28)31-9-7-5-2)15-34-16(3)10-26-12-25-17-18(22)23-11-24-19(17)26/h11-12,16H,4-10,13-15H2,1-3H3,(H2,22,23,24)/t16-/m1/s1. The van der Waals surface area contributed by atoms with Gasteiger partial charge >= 0.3 is 19.9 Å². The van der Waals surface area contributed by atoms with E-state index in [1.54, 1.807) is 11.5 Å². The lowest BCUT2D eigenvalue weighted by atomic mass is 10.4. The number of aromatic nitrogens is 4. The van der Waals surface area contributed by atoms with Crippen LogP contribution in [0.1, 0.15) is 46.5 Å². The summed E-state index contributed by atoms with van der Waals surface area (Å²) >= 11 is 0. The Kier molecular flexibility index (Phi) is 13.0. The van der Waals surface area contributed by atoms with Crippen LogP contribution in [0.5, 0.6) is 0 Å². The zero-order chi connectivity index (χ0) is 27.1. The Labute approximate surface area is 214 Å². The third kappa shape index (κ3) is 10.9. The van der Waals surface area contributed by atoms with Crippen LogP contribution in [0.15, 0.2) is 12.7 Å². The number of carbonyl (C=O) groups excluding carboxylic acids is 2. The molecule has 2 rings (SSSR count). The van der Waals surface area contributed by atoms with Crippen molar-refractivity contribution in [3.05, 3.63) is 12.7 Å². The highest BCUT2D eigenvalue weighted by Crippen LogP contribution is 2.48. The molecule has 0 aliphatic rings. The van der Waals surface area contributed by atoms with E-state index in [0.29, 0.717) is 24.0 Å². The molecular formula is C21H34N5O10P. The molecule has 2 N–H and O–H groups in total. The van der Waals surface area contributed by atoms with Gasteiger partial charge < -0.3 is 34.0 Å². The van der Waals surface area contributed by atoms with Gasteiger partial charge in [-0.25, -0.2) is 24.5 Å². The average Bonchev–Trinajstić information content (AvgIpc) is 3.27. The van der Waals surface area contributed by atoms with Gasteiger partial charge in [-0.05, 0) is 19.8 Å². The Hall–Kier alpha value is -3.00. The molecule has 0 aromatic carbocycles. The van der Waals surface area contributed by atoms with Crippen LogP contribution in [-0.4, -0.2) is 71.1 Å². The molecule has 2 heterocycles. The molecule has 0 saturated heterocycles. The van der Waals surface area contributed by atoms with Crippen LogP contribution in [0.3, 0.4) is 0 Å². The summed E-state index contributed by atoms with van der Waals surface area (Å²) in [5, 5.41) is 0. The summed E-state index contributed by atoms with van der Waals surface area (Å²) in [5.74, 6) is 0.241. The van der Waals surface area contributed by atoms with Gasteiger partial charge in [-0.3, -0.25) is 13.6 Å². The Morgan fingerprint density at radius 2 is 1.57 bits per heavy atom. The van der Waals surface area contributed by atoms with Crippen molar-refractivity contribution in [3.8, 4) is 0 Å². The fraction of sp³-hybridized carbons (Fsp3) is 0.667. The smallest absolute Gasteiger partial charge is 0.434 e. The number of imidazole rings is 1. The summed E-state index contributed by atoms with van der Waals surface area (Å²) < 4.78 is 50.0. The van der Waals surface area contributed by atoms with Gasteiger partial charge in [0.05, 0.1) is 32.2 Å². The van der Waals surface area contributed by atoms with Gasteiger partial charge in [-0.15, -0.1) is 0 Å². The van der Waals surface area contributed by atoms with E-state index in [1.165, 1.54) is 12.7 Å². The lowest BCUT2D eigenvalue weighted by molar-refractivity contribution is -0.0293. The molecule has 16 heteroatoms. The van der Waals surface area contributed by atoms with Crippen LogP contribution in [0.25, 0.3) is 11.2 Å². The number of hydrogen-bond acceptors (Lipinski definition) is 14. The lowest BCUT2D eigenvalue weighted by Gasteiger charge is -2.21. The van der Waals surface area contributed by atoms with Crippen LogP contribution >= 0.6 is 7.60 Å². The van der Waals surface area contributed by atoms with Crippen molar-refractivity contribution in [2.45, 2.75) is 59.1 Å². The zero-order valence-corrected chi connectivity index (χ0v) is 22.1. The minimum absolute atomic E-state index is 0.178. The molecule has 0 radical (unpaired) electrons. The largest absolute Gasteiger partial charge is 0.510 e. The first-order chi connectivity index (χ1) is 17.8. The molecule has 0 aliphatic heterocycles. The Morgan fingerprint density at radius 1 is 0.973 bits per heavy atom. The Morgan fingerprint density at radius 3 is 2.14 bits per heavy atom. The molecule has 0 aliphatic carbocycles. The van der Waals surface area contributed by atoms with Crippen LogP contribution in [-0.2, 0) is 43.8 Å². The summed E-state index contributed by atoms with van der Waals surface area (Å²) in [6.45, 7) is 4.75. The molecule has 0 saturated carbocycles. The number of nitrogens with two attached hydrogens (primary N) is 1. The van der Waals surface area contributed by atoms with Crippen molar-refractivity contribution >= 4 is 36.9 Å². The fourth-order valence-corrected chi connectivity index (χ4v) is 3.77. The second kappa shape index (κ2) is 16.0. The van der Waals surface area contributed by atoms with Crippen molar-refractivity contribution in [2.24, 2.45) is 0 Å². The first-order valence-electron chi connectivity index (χ1n) is 11.8. The summed E-state index contributed by atoms with van der Waals surface area (Å²) in [4.78, 5) is 35.4. The van der Waals surface area contributed by atoms with Gasteiger partial charge in [-0.1, -0.05) is 26.7 Å². The predicted molar refractivity (Wildman–Crippen MR) is 129 cm³/mol. The summed E-state index contributed by atoms with van der Waals surface area (Å²) in [6, 6.07) is 0. The molecule has 0 spiro atoms. The molecule has 0 bridgehead atoms. The summed E-state index contributed by atoms with van der Waals surface area (Å²) in [5.41, 5.74) is 6.75. The topological polar surface area (TPSA) is 185 Å². The van der Waals surface area contributed by atoms with Gasteiger partial charge in [0.25, 0.3) is 0 Å². The minimum Gasteiger partial charge on any atom is -0.434 e. The fourth-order valence-electron chi connectivity index (χ4n) is 2.68. The van der Waals surface area contributed by atoms with E-state index in [9.17, 15) is 14.2 Å². The van der Waals surface area contributed by atoms with Crippen LogP contribution in [0.4, 0.5) is 15.4 Å². The quantitative estimate of drug-likeness (QED) is 0.130. The van der Waals surface area contributed by atoms with E-state index >= 15 is 0 Å². The number of carbonyl (C=O) groups is 2. The normalized spacial score (nSPS) is 12.3. The van der Waals surface area contributed by atoms with Crippen LogP contribution in [0, 0.1) is 0 Å². The molecule has 1 atom stereocenters. The first kappa shape index (κ1) is 30.2. The van der Waals surface area contributed by atoms with Crippen LogP contribution < -0.4 is 5.73 Å². The molecule has 0 fully saturated rings. The van der Waals surface area contributed by atoms with Crippen LogP contribution in [0.2, 0.25) is 0 Å². The summed E-state index contributed by atoms with van der Waals surface area (Å²) in [7, 11) is -4.05. The van der Waals surface area contributed by atoms with Gasteiger partial charge in [0, 0.05) is 0 Å². The molecular weight excluding hydrogens is 513 g/mol. The highest BCUT2D eigenvalue weighted by Gasteiger charge is 2.28. The Balaban J connectivity index is 1.91. The number of anilines is 1. The first-order valence-corrected chi connectivity index (χ1v) is 13.5. The zero-order valence-electron chi connectivity index (χ0n) is 21.2. The second-order valence-electron chi connectivity index (χ2n) is 7.73. The van der Waals surface area contributed by atoms with Gasteiger partial charge in [0.1, 0.15) is 18.2 Å². The monoisotopic (exact) mass is 547 g/mol. The van der Waals surface area contributed by atoms with E-state index in [-0.39, 0.29) is 25.6 Å². The van der Waals surface area contributed by atoms with E-state index in [1.807, 2.05) is 13.8 Å². The molecule has 2 aromatic heterocycles. The van der Waals surface area contributed by atoms with Crippen molar-refractivity contribution < 1.29 is 46.9 Å². The van der Waals surface area contributed by atoms with E-state index < -0.39 is 45.9 Å². The maximum absolute atomic E-state index is 13.2. The maximum atomic E-state index is 13.2. The van der Waals surface area contributed by atoms with Gasteiger partial charge in [0.15, 0.2) is 11.5 Å². The van der Waals surface area contributed by atoms with Crippen molar-refractivity contribution in [3.63, 3.8) is 0 Å². The minimum atomic E-state index is -4.05. The van der Waals surface area contributed by atoms with Gasteiger partial charge in [0.2, 0.25) is 13.6 Å². The number of nitrogens with zero attached hydrogens (tertiary/aromatic N) is 4. The second-order valence-corrected chi connectivity index (χ2v) is 9.73. The predicted octanol–water partition coefficient (Wildman–Crippen LogP) is 3.82. The SMILES string of the molecule is CCCCOC(=O)OCOP(=O)(CO[C@H](C)Cn1cnc2c(N)ncnc21)OCOC(=O)OCCCC. The number of fused-ring (bicyclic) bond motifs is 1. The highest BCUT2D eigenvalue weighted by atomic mass is 31.2. The van der Waals surface area contributed by atoms with E-state index in [0.717, 1.165) is 12.8 Å². The Bertz CT molecular complexity index is 1000. The van der Waals surface area contributed by atoms with Crippen molar-refractivity contribution in [1.82, 2.24) is 19.5 Å². The molecule has 0 unspecified atom stereocenters. The molecule has 2 aromatic rings. The lowest BCUT2D eigenvalue weighted by Crippen LogP contribution is -2.19. The molecule has 208 valence electrons. The number of rotatable bonds is 17. The van der Waals surface area contributed by atoms with Gasteiger partial charge in [-0.2, -0.15) is 0 Å². The van der Waals surface area contributed by atoms with E-state index in [4.69, 9.17) is 38.5 Å². The summed E-state index contributed by atoms with van der Waals surface area (Å²) in [6.07, 6.45) is 2.80. The molecule has 0 amide bonds. The maximum Gasteiger partial charge on any atom is 0.510 e. The number of hydrogen-bond donors (Lipinski definition) is 1. The van der Waals surface area contributed by atoms with Crippen molar-refractivity contribution in [1.29, 1.82) is 0 Å². The molecule has 15 nitrogen and oxygen atoms in total. The van der Waals surface area contributed by atoms with Crippen molar-refractivity contribution in [2.75, 3.05) is 38.9 Å². The third-order valence-corrected chi connectivity index (χ3v) is 6.15. The van der Waals surface area contributed by atoms with E-state index in [2.05, 4.69) is 15.0 Å². The highest BCUT2D eigenvalue weighted by molar-refractivity contribution is 7.53. The third-order valence-electron chi connectivity index (χ3n) is 4.69.